The predicted molar refractivity (Wildman–Crippen MR) is 84.9 cm³/mol. The number of likely N-dealkylation sites (N-methyl/N-ethyl adjacent to an activating group) is 2. The number of nitrogens with zero attached hydrogens (tertiary/aromatic N) is 1. The van der Waals surface area contributed by atoms with Gasteiger partial charge in [-0.25, -0.2) is 0 Å². The predicted octanol–water partition coefficient (Wildman–Crippen LogP) is 1.25. The highest BCUT2D eigenvalue weighted by Crippen LogP contribution is 2.20. The second-order valence-electron chi connectivity index (χ2n) is 5.23. The average Bonchev–Trinajstić information content (AvgIpc) is 2.58. The second kappa shape index (κ2) is 7.02. The SMILES string of the molecule is CCC(NC)(NC)C(=O)c1ccc(N2CCOCC2)cc1. The average molecular weight is 291 g/mol. The molecule has 1 fully saturated rings. The van der Waals surface area contributed by atoms with E-state index in [1.165, 1.54) is 0 Å². The summed E-state index contributed by atoms with van der Waals surface area (Å²) in [5, 5.41) is 6.21. The normalized spacial score (nSPS) is 16.0. The van der Waals surface area contributed by atoms with Crippen LogP contribution in [0.4, 0.5) is 5.69 Å². The van der Waals surface area contributed by atoms with Crippen molar-refractivity contribution in [2.45, 2.75) is 19.0 Å². The Hall–Kier alpha value is -1.43. The summed E-state index contributed by atoms with van der Waals surface area (Å²) in [4.78, 5) is 15.0. The third kappa shape index (κ3) is 3.26. The van der Waals surface area contributed by atoms with Gasteiger partial charge in [0.2, 0.25) is 0 Å². The van der Waals surface area contributed by atoms with Gasteiger partial charge in [0.15, 0.2) is 5.78 Å². The van der Waals surface area contributed by atoms with Gasteiger partial charge in [0.1, 0.15) is 5.66 Å². The molecular weight excluding hydrogens is 266 g/mol. The molecule has 1 aromatic rings. The number of Topliss-reactive ketones (excluding diaryl/α,β-unsaturated/α-hetero) is 1. The lowest BCUT2D eigenvalue weighted by molar-refractivity contribution is 0.0819. The Morgan fingerprint density at radius 2 is 1.76 bits per heavy atom. The largest absolute Gasteiger partial charge is 0.378 e. The lowest BCUT2D eigenvalue weighted by Crippen LogP contribution is -2.59. The lowest BCUT2D eigenvalue weighted by atomic mass is 9.95. The number of carbonyl (C=O) groups excluding carboxylic acids is 1. The molecule has 0 spiro atoms. The molecule has 116 valence electrons. The van der Waals surface area contributed by atoms with E-state index >= 15 is 0 Å². The zero-order chi connectivity index (χ0) is 15.3. The number of benzene rings is 1. The van der Waals surface area contributed by atoms with E-state index in [0.29, 0.717) is 6.42 Å². The summed E-state index contributed by atoms with van der Waals surface area (Å²) in [6.45, 7) is 5.32. The van der Waals surface area contributed by atoms with Crippen LogP contribution in [0.5, 0.6) is 0 Å². The molecule has 1 aromatic carbocycles. The molecular formula is C16H25N3O2. The van der Waals surface area contributed by atoms with Crippen LogP contribution in [0.15, 0.2) is 24.3 Å². The van der Waals surface area contributed by atoms with Crippen LogP contribution >= 0.6 is 0 Å². The number of carbonyl (C=O) groups is 1. The highest BCUT2D eigenvalue weighted by atomic mass is 16.5. The van der Waals surface area contributed by atoms with Crippen molar-refractivity contribution >= 4 is 11.5 Å². The summed E-state index contributed by atoms with van der Waals surface area (Å²) in [5.74, 6) is 0.0727. The van der Waals surface area contributed by atoms with E-state index in [4.69, 9.17) is 4.74 Å². The lowest BCUT2D eigenvalue weighted by Gasteiger charge is -2.31. The molecule has 1 heterocycles. The van der Waals surface area contributed by atoms with Crippen molar-refractivity contribution in [1.82, 2.24) is 10.6 Å². The van der Waals surface area contributed by atoms with E-state index in [-0.39, 0.29) is 5.78 Å². The van der Waals surface area contributed by atoms with Crippen molar-refractivity contribution in [2.75, 3.05) is 45.3 Å². The van der Waals surface area contributed by atoms with Crippen molar-refractivity contribution in [2.24, 2.45) is 0 Å². The summed E-state index contributed by atoms with van der Waals surface area (Å²) in [5.41, 5.74) is 1.17. The third-order valence-electron chi connectivity index (χ3n) is 4.28. The molecule has 2 rings (SSSR count). The molecule has 0 atom stereocenters. The summed E-state index contributed by atoms with van der Waals surface area (Å²) in [6, 6.07) is 7.85. The first-order valence-corrected chi connectivity index (χ1v) is 7.52. The number of ketones is 1. The number of morpholine rings is 1. The van der Waals surface area contributed by atoms with Crippen LogP contribution in [-0.2, 0) is 4.74 Å². The van der Waals surface area contributed by atoms with Crippen LogP contribution in [-0.4, -0.2) is 51.8 Å². The zero-order valence-electron chi connectivity index (χ0n) is 13.1. The van der Waals surface area contributed by atoms with Gasteiger partial charge in [-0.15, -0.1) is 0 Å². The molecule has 0 bridgehead atoms. The number of ether oxygens (including phenoxy) is 1. The number of rotatable bonds is 6. The summed E-state index contributed by atoms with van der Waals surface area (Å²) in [6.07, 6.45) is 0.685. The summed E-state index contributed by atoms with van der Waals surface area (Å²) >= 11 is 0. The molecule has 0 saturated carbocycles. The van der Waals surface area contributed by atoms with Gasteiger partial charge in [-0.2, -0.15) is 0 Å². The van der Waals surface area contributed by atoms with E-state index in [0.717, 1.165) is 37.6 Å². The molecule has 1 aliphatic rings. The van der Waals surface area contributed by atoms with Crippen LogP contribution in [0, 0.1) is 0 Å². The summed E-state index contributed by atoms with van der Waals surface area (Å²) < 4.78 is 5.36. The van der Waals surface area contributed by atoms with Crippen molar-refractivity contribution in [3.8, 4) is 0 Å². The molecule has 5 nitrogen and oxygen atoms in total. The van der Waals surface area contributed by atoms with Gasteiger partial charge in [0.25, 0.3) is 0 Å². The van der Waals surface area contributed by atoms with E-state index in [1.807, 2.05) is 31.2 Å². The smallest absolute Gasteiger partial charge is 0.197 e. The molecule has 0 aliphatic carbocycles. The van der Waals surface area contributed by atoms with Gasteiger partial charge in [-0.05, 0) is 44.8 Å². The van der Waals surface area contributed by atoms with Gasteiger partial charge >= 0.3 is 0 Å². The maximum absolute atomic E-state index is 12.7. The minimum absolute atomic E-state index is 0.0727. The first kappa shape index (κ1) is 15.9. The topological polar surface area (TPSA) is 53.6 Å². The Bertz CT molecular complexity index is 455. The molecule has 1 aliphatic heterocycles. The highest BCUT2D eigenvalue weighted by Gasteiger charge is 2.33. The molecule has 21 heavy (non-hydrogen) atoms. The van der Waals surface area contributed by atoms with Crippen LogP contribution < -0.4 is 15.5 Å². The summed E-state index contributed by atoms with van der Waals surface area (Å²) in [7, 11) is 3.61. The van der Waals surface area contributed by atoms with Crippen molar-refractivity contribution in [3.05, 3.63) is 29.8 Å². The van der Waals surface area contributed by atoms with E-state index in [9.17, 15) is 4.79 Å². The molecule has 0 unspecified atom stereocenters. The van der Waals surface area contributed by atoms with E-state index in [1.54, 1.807) is 14.1 Å². The van der Waals surface area contributed by atoms with Crippen molar-refractivity contribution in [3.63, 3.8) is 0 Å². The Morgan fingerprint density at radius 3 is 2.24 bits per heavy atom. The van der Waals surface area contributed by atoms with Crippen molar-refractivity contribution in [1.29, 1.82) is 0 Å². The maximum Gasteiger partial charge on any atom is 0.197 e. The van der Waals surface area contributed by atoms with Gasteiger partial charge < -0.3 is 9.64 Å². The Morgan fingerprint density at radius 1 is 1.19 bits per heavy atom. The van der Waals surface area contributed by atoms with E-state index < -0.39 is 5.66 Å². The fraction of sp³-hybridized carbons (Fsp3) is 0.562. The molecule has 0 radical (unpaired) electrons. The standard InChI is InChI=1S/C16H25N3O2/c1-4-16(17-2,18-3)15(20)13-5-7-14(8-6-13)19-9-11-21-12-10-19/h5-8,17-18H,4,9-12H2,1-3H3. The highest BCUT2D eigenvalue weighted by molar-refractivity contribution is 6.03. The first-order valence-electron chi connectivity index (χ1n) is 7.52. The van der Waals surface area contributed by atoms with E-state index in [2.05, 4.69) is 15.5 Å². The van der Waals surface area contributed by atoms with Gasteiger partial charge in [-0.1, -0.05) is 6.92 Å². The fourth-order valence-electron chi connectivity index (χ4n) is 2.76. The number of hydrogen-bond acceptors (Lipinski definition) is 5. The molecule has 2 N–H and O–H groups in total. The molecule has 0 aromatic heterocycles. The van der Waals surface area contributed by atoms with Gasteiger partial charge in [0, 0.05) is 24.3 Å². The maximum atomic E-state index is 12.7. The quantitative estimate of drug-likeness (QED) is 0.610. The fourth-order valence-corrected chi connectivity index (χ4v) is 2.76. The minimum atomic E-state index is -0.694. The van der Waals surface area contributed by atoms with Crippen LogP contribution in [0.2, 0.25) is 0 Å². The monoisotopic (exact) mass is 291 g/mol. The Kier molecular flexibility index (Phi) is 5.33. The van der Waals surface area contributed by atoms with Gasteiger partial charge in [0.05, 0.1) is 13.2 Å². The molecule has 1 saturated heterocycles. The zero-order valence-corrected chi connectivity index (χ0v) is 13.1. The van der Waals surface area contributed by atoms with Crippen LogP contribution in [0.25, 0.3) is 0 Å². The van der Waals surface area contributed by atoms with Crippen molar-refractivity contribution < 1.29 is 9.53 Å². The number of nitrogens with one attached hydrogen (secondary N) is 2. The second-order valence-corrected chi connectivity index (χ2v) is 5.23. The minimum Gasteiger partial charge on any atom is -0.378 e. The van der Waals surface area contributed by atoms with Gasteiger partial charge in [-0.3, -0.25) is 15.4 Å². The molecule has 0 amide bonds. The molecule has 5 heteroatoms. The Balaban J connectivity index is 2.16. The first-order chi connectivity index (χ1) is 10.2. The number of hydrogen-bond donors (Lipinski definition) is 2. The van der Waals surface area contributed by atoms with Crippen LogP contribution in [0.1, 0.15) is 23.7 Å². The Labute approximate surface area is 126 Å². The van der Waals surface area contributed by atoms with Crippen LogP contribution in [0.3, 0.4) is 0 Å². The third-order valence-corrected chi connectivity index (χ3v) is 4.28. The number of anilines is 1.